The van der Waals surface area contributed by atoms with Gasteiger partial charge in [0.15, 0.2) is 11.5 Å². The summed E-state index contributed by atoms with van der Waals surface area (Å²) in [7, 11) is 1.70. The summed E-state index contributed by atoms with van der Waals surface area (Å²) in [6.07, 6.45) is 2.15. The van der Waals surface area contributed by atoms with Crippen LogP contribution in [0.1, 0.15) is 18.4 Å². The van der Waals surface area contributed by atoms with Gasteiger partial charge in [-0.25, -0.2) is 0 Å². The minimum Gasteiger partial charge on any atom is -0.496 e. The highest BCUT2D eigenvalue weighted by Gasteiger charge is 2.37. The van der Waals surface area contributed by atoms with Gasteiger partial charge >= 0.3 is 0 Å². The van der Waals surface area contributed by atoms with Gasteiger partial charge in [-0.1, -0.05) is 0 Å². The van der Waals surface area contributed by atoms with Gasteiger partial charge < -0.3 is 24.3 Å². The number of nitrogens with zero attached hydrogens (tertiary/aromatic N) is 1. The molecule has 3 heterocycles. The summed E-state index contributed by atoms with van der Waals surface area (Å²) in [6.45, 7) is 6.02. The molecule has 6 heteroatoms. The molecule has 1 aromatic carbocycles. The van der Waals surface area contributed by atoms with Crippen LogP contribution in [0.15, 0.2) is 12.1 Å². The van der Waals surface area contributed by atoms with E-state index in [1.165, 1.54) is 0 Å². The van der Waals surface area contributed by atoms with Gasteiger partial charge in [-0.15, -0.1) is 0 Å². The molecule has 1 N–H and O–H groups in total. The normalized spacial score (nSPS) is 23.2. The minimum absolute atomic E-state index is 0.0493. The molecule has 0 amide bonds. The summed E-state index contributed by atoms with van der Waals surface area (Å²) in [4.78, 5) is 2.46. The first-order chi connectivity index (χ1) is 11.3. The minimum atomic E-state index is 0.0493. The molecule has 0 saturated carbocycles. The maximum absolute atomic E-state index is 6.06. The Labute approximate surface area is 136 Å². The number of fused-ring (bicyclic) bond motifs is 1. The topological polar surface area (TPSA) is 52.2 Å². The third-order valence-electron chi connectivity index (χ3n) is 5.07. The van der Waals surface area contributed by atoms with E-state index >= 15 is 0 Å². The summed E-state index contributed by atoms with van der Waals surface area (Å²) in [5, 5.41) is 3.46. The van der Waals surface area contributed by atoms with Crippen LogP contribution in [-0.2, 0) is 11.3 Å². The van der Waals surface area contributed by atoms with E-state index in [-0.39, 0.29) is 5.60 Å². The van der Waals surface area contributed by atoms with Crippen molar-refractivity contribution < 1.29 is 18.9 Å². The van der Waals surface area contributed by atoms with Gasteiger partial charge in [0.05, 0.1) is 19.3 Å². The van der Waals surface area contributed by atoms with Gasteiger partial charge in [0.25, 0.3) is 0 Å². The number of nitrogens with one attached hydrogen (secondary N) is 1. The highest BCUT2D eigenvalue weighted by Crippen LogP contribution is 2.39. The maximum Gasteiger partial charge on any atom is 0.231 e. The Morgan fingerprint density at radius 1 is 1.22 bits per heavy atom. The first-order valence-corrected chi connectivity index (χ1v) is 8.32. The van der Waals surface area contributed by atoms with Crippen molar-refractivity contribution in [2.45, 2.75) is 25.0 Å². The second kappa shape index (κ2) is 6.19. The lowest BCUT2D eigenvalue weighted by Crippen LogP contribution is -2.55. The van der Waals surface area contributed by atoms with E-state index in [1.807, 2.05) is 12.1 Å². The van der Waals surface area contributed by atoms with Gasteiger partial charge in [-0.2, -0.15) is 0 Å². The van der Waals surface area contributed by atoms with Crippen molar-refractivity contribution in [2.24, 2.45) is 0 Å². The highest BCUT2D eigenvalue weighted by atomic mass is 16.7. The summed E-state index contributed by atoms with van der Waals surface area (Å²) in [5.74, 6) is 2.45. The monoisotopic (exact) mass is 320 g/mol. The number of morpholine rings is 1. The van der Waals surface area contributed by atoms with Crippen LogP contribution < -0.4 is 19.5 Å². The molecule has 2 fully saturated rings. The van der Waals surface area contributed by atoms with Crippen molar-refractivity contribution in [3.63, 3.8) is 0 Å². The number of likely N-dealkylation sites (tertiary alicyclic amines) is 1. The lowest BCUT2D eigenvalue weighted by Gasteiger charge is -2.44. The quantitative estimate of drug-likeness (QED) is 0.908. The largest absolute Gasteiger partial charge is 0.496 e. The Kier molecular flexibility index (Phi) is 4.05. The lowest BCUT2D eigenvalue weighted by molar-refractivity contribution is -0.100. The number of piperidine rings is 1. The number of methoxy groups -OCH3 is 1. The molecule has 4 rings (SSSR count). The molecule has 0 radical (unpaired) electrons. The smallest absolute Gasteiger partial charge is 0.231 e. The molecule has 3 aliphatic heterocycles. The zero-order valence-electron chi connectivity index (χ0n) is 13.6. The van der Waals surface area contributed by atoms with Crippen LogP contribution in [0.3, 0.4) is 0 Å². The average Bonchev–Trinajstić information content (AvgIpc) is 3.04. The van der Waals surface area contributed by atoms with E-state index < -0.39 is 0 Å². The first kappa shape index (κ1) is 15.1. The van der Waals surface area contributed by atoms with Gasteiger partial charge in [-0.05, 0) is 18.9 Å². The summed E-state index contributed by atoms with van der Waals surface area (Å²) in [5.41, 5.74) is 1.20. The second-order valence-electron chi connectivity index (χ2n) is 6.50. The van der Waals surface area contributed by atoms with Gasteiger partial charge in [-0.3, -0.25) is 4.90 Å². The summed E-state index contributed by atoms with van der Waals surface area (Å²) >= 11 is 0. The van der Waals surface area contributed by atoms with E-state index in [0.717, 1.165) is 75.0 Å². The van der Waals surface area contributed by atoms with Crippen LogP contribution in [0.25, 0.3) is 0 Å². The van der Waals surface area contributed by atoms with Crippen LogP contribution in [0.2, 0.25) is 0 Å². The molecular weight excluding hydrogens is 296 g/mol. The van der Waals surface area contributed by atoms with E-state index in [1.54, 1.807) is 7.11 Å². The average molecular weight is 320 g/mol. The number of hydrogen-bond donors (Lipinski definition) is 1. The maximum atomic E-state index is 6.06. The van der Waals surface area contributed by atoms with Gasteiger partial charge in [0.1, 0.15) is 5.75 Å². The molecule has 0 atom stereocenters. The summed E-state index contributed by atoms with van der Waals surface area (Å²) in [6, 6.07) is 3.97. The predicted octanol–water partition coefficient (Wildman–Crippen LogP) is 1.38. The molecule has 0 aliphatic carbocycles. The van der Waals surface area contributed by atoms with Crippen molar-refractivity contribution >= 4 is 0 Å². The molecule has 0 unspecified atom stereocenters. The van der Waals surface area contributed by atoms with Crippen LogP contribution in [-0.4, -0.2) is 57.2 Å². The Hall–Kier alpha value is -1.50. The van der Waals surface area contributed by atoms with Crippen molar-refractivity contribution in [1.29, 1.82) is 0 Å². The molecule has 1 aromatic rings. The van der Waals surface area contributed by atoms with Crippen molar-refractivity contribution in [3.8, 4) is 17.2 Å². The van der Waals surface area contributed by atoms with Crippen LogP contribution in [0.5, 0.6) is 17.2 Å². The zero-order valence-corrected chi connectivity index (χ0v) is 13.6. The van der Waals surface area contributed by atoms with Crippen molar-refractivity contribution in [3.05, 3.63) is 17.7 Å². The van der Waals surface area contributed by atoms with E-state index in [9.17, 15) is 0 Å². The zero-order chi connectivity index (χ0) is 15.7. The molecule has 0 aromatic heterocycles. The fourth-order valence-electron chi connectivity index (χ4n) is 3.67. The Bertz CT molecular complexity index is 562. The fraction of sp³-hybridized carbons (Fsp3) is 0.647. The van der Waals surface area contributed by atoms with Crippen molar-refractivity contribution in [1.82, 2.24) is 10.2 Å². The Balaban J connectivity index is 1.43. The third-order valence-corrected chi connectivity index (χ3v) is 5.07. The molecule has 1 spiro atoms. The first-order valence-electron chi connectivity index (χ1n) is 8.32. The molecule has 2 saturated heterocycles. The standard InChI is InChI=1S/C17H24N2O4/c1-20-14-9-16-15(21-12-22-16)8-13(14)10-19-5-2-17(3-6-19)11-18-4-7-23-17/h8-9,18H,2-7,10-12H2,1H3. The lowest BCUT2D eigenvalue weighted by atomic mass is 9.90. The molecule has 3 aliphatic rings. The SMILES string of the molecule is COc1cc2c(cc1CN1CCC3(CC1)CNCCO3)OCO2. The molecular formula is C17H24N2O4. The number of ether oxygens (including phenoxy) is 4. The third kappa shape index (κ3) is 2.98. The Morgan fingerprint density at radius 3 is 2.70 bits per heavy atom. The molecule has 126 valence electrons. The van der Waals surface area contributed by atoms with E-state index in [2.05, 4.69) is 10.2 Å². The van der Waals surface area contributed by atoms with E-state index in [0.29, 0.717) is 6.79 Å². The van der Waals surface area contributed by atoms with Crippen LogP contribution >= 0.6 is 0 Å². The van der Waals surface area contributed by atoms with Gasteiger partial charge in [0, 0.05) is 44.4 Å². The fourth-order valence-corrected chi connectivity index (χ4v) is 3.67. The second-order valence-corrected chi connectivity index (χ2v) is 6.50. The van der Waals surface area contributed by atoms with Gasteiger partial charge in [0.2, 0.25) is 6.79 Å². The molecule has 6 nitrogen and oxygen atoms in total. The van der Waals surface area contributed by atoms with Crippen LogP contribution in [0.4, 0.5) is 0 Å². The number of benzene rings is 1. The number of rotatable bonds is 3. The van der Waals surface area contributed by atoms with E-state index in [4.69, 9.17) is 18.9 Å². The van der Waals surface area contributed by atoms with Crippen molar-refractivity contribution in [2.75, 3.05) is 46.7 Å². The Morgan fingerprint density at radius 2 is 2.00 bits per heavy atom. The molecule has 0 bridgehead atoms. The van der Waals surface area contributed by atoms with Crippen LogP contribution in [0, 0.1) is 0 Å². The summed E-state index contributed by atoms with van der Waals surface area (Å²) < 4.78 is 22.5. The predicted molar refractivity (Wildman–Crippen MR) is 85.2 cm³/mol. The molecule has 23 heavy (non-hydrogen) atoms. The highest BCUT2D eigenvalue weighted by molar-refractivity contribution is 5.51. The number of hydrogen-bond acceptors (Lipinski definition) is 6.